The molecule has 0 aliphatic carbocycles. The van der Waals surface area contributed by atoms with Crippen molar-refractivity contribution in [3.8, 4) is 0 Å². The standard InChI is InChI=1S/C15H25NO/c1-5-11-15(17,13(2)12-16(3)4)14-9-7-6-8-10-14/h6-10,13,17H,5,11-12H2,1-4H3. The molecule has 96 valence electrons. The molecule has 0 fully saturated rings. The molecule has 2 unspecified atom stereocenters. The minimum Gasteiger partial charge on any atom is -0.385 e. The lowest BCUT2D eigenvalue weighted by molar-refractivity contribution is -0.0338. The van der Waals surface area contributed by atoms with Crippen LogP contribution < -0.4 is 0 Å². The largest absolute Gasteiger partial charge is 0.385 e. The van der Waals surface area contributed by atoms with Crippen molar-refractivity contribution in [1.29, 1.82) is 0 Å². The fourth-order valence-corrected chi connectivity index (χ4v) is 2.48. The summed E-state index contributed by atoms with van der Waals surface area (Å²) in [6.45, 7) is 5.14. The molecule has 0 spiro atoms. The van der Waals surface area contributed by atoms with Gasteiger partial charge in [-0.25, -0.2) is 0 Å². The van der Waals surface area contributed by atoms with Crippen molar-refractivity contribution < 1.29 is 5.11 Å². The van der Waals surface area contributed by atoms with E-state index >= 15 is 0 Å². The maximum Gasteiger partial charge on any atom is 0.0934 e. The second-order valence-electron chi connectivity index (χ2n) is 5.20. The fraction of sp³-hybridized carbons (Fsp3) is 0.600. The average Bonchev–Trinajstić information content (AvgIpc) is 2.29. The van der Waals surface area contributed by atoms with E-state index in [1.165, 1.54) is 0 Å². The van der Waals surface area contributed by atoms with Crippen LogP contribution in [0.25, 0.3) is 0 Å². The van der Waals surface area contributed by atoms with Crippen molar-refractivity contribution in [1.82, 2.24) is 4.90 Å². The number of nitrogens with zero attached hydrogens (tertiary/aromatic N) is 1. The molecule has 0 saturated heterocycles. The normalized spacial score (nSPS) is 16.8. The van der Waals surface area contributed by atoms with E-state index in [-0.39, 0.29) is 5.92 Å². The zero-order valence-electron chi connectivity index (χ0n) is 11.5. The molecular formula is C15H25NO. The van der Waals surface area contributed by atoms with Crippen molar-refractivity contribution >= 4 is 0 Å². The summed E-state index contributed by atoms with van der Waals surface area (Å²) in [5.41, 5.74) is 0.330. The van der Waals surface area contributed by atoms with Gasteiger partial charge in [0.2, 0.25) is 0 Å². The average molecular weight is 235 g/mol. The van der Waals surface area contributed by atoms with Crippen LogP contribution in [0.5, 0.6) is 0 Å². The van der Waals surface area contributed by atoms with E-state index in [0.29, 0.717) is 0 Å². The summed E-state index contributed by atoms with van der Waals surface area (Å²) in [4.78, 5) is 2.13. The Labute approximate surface area is 105 Å². The molecule has 2 heteroatoms. The fourth-order valence-electron chi connectivity index (χ4n) is 2.48. The van der Waals surface area contributed by atoms with Gasteiger partial charge in [0, 0.05) is 12.5 Å². The monoisotopic (exact) mass is 235 g/mol. The second kappa shape index (κ2) is 6.18. The Morgan fingerprint density at radius 2 is 1.82 bits per heavy atom. The molecular weight excluding hydrogens is 210 g/mol. The van der Waals surface area contributed by atoms with Crippen LogP contribution in [-0.2, 0) is 5.60 Å². The predicted octanol–water partition coefficient (Wildman–Crippen LogP) is 2.87. The summed E-state index contributed by atoms with van der Waals surface area (Å²) in [5.74, 6) is 0.222. The lowest BCUT2D eigenvalue weighted by Gasteiger charge is -2.36. The molecule has 0 aromatic heterocycles. The van der Waals surface area contributed by atoms with Crippen molar-refractivity contribution in [3.63, 3.8) is 0 Å². The highest BCUT2D eigenvalue weighted by Gasteiger charge is 2.34. The Bertz CT molecular complexity index is 323. The SMILES string of the molecule is CCCC(O)(c1ccccc1)C(C)CN(C)C. The van der Waals surface area contributed by atoms with E-state index in [1.807, 2.05) is 44.4 Å². The number of benzene rings is 1. The summed E-state index contributed by atoms with van der Waals surface area (Å²) >= 11 is 0. The van der Waals surface area contributed by atoms with Gasteiger partial charge in [-0.3, -0.25) is 0 Å². The molecule has 1 N–H and O–H groups in total. The first-order valence-electron chi connectivity index (χ1n) is 6.43. The highest BCUT2D eigenvalue weighted by Crippen LogP contribution is 2.34. The highest BCUT2D eigenvalue weighted by molar-refractivity contribution is 5.23. The van der Waals surface area contributed by atoms with Gasteiger partial charge in [0.15, 0.2) is 0 Å². The first kappa shape index (κ1) is 14.2. The molecule has 0 aliphatic rings. The van der Waals surface area contributed by atoms with Crippen LogP contribution in [0.1, 0.15) is 32.3 Å². The molecule has 0 heterocycles. The van der Waals surface area contributed by atoms with Gasteiger partial charge >= 0.3 is 0 Å². The van der Waals surface area contributed by atoms with Gasteiger partial charge in [-0.05, 0) is 26.1 Å². The number of aliphatic hydroxyl groups is 1. The Balaban J connectivity index is 2.96. The van der Waals surface area contributed by atoms with Gasteiger partial charge in [0.1, 0.15) is 0 Å². The van der Waals surface area contributed by atoms with E-state index in [0.717, 1.165) is 24.9 Å². The zero-order chi connectivity index (χ0) is 12.9. The maximum absolute atomic E-state index is 11.0. The Morgan fingerprint density at radius 3 is 2.29 bits per heavy atom. The van der Waals surface area contributed by atoms with Crippen molar-refractivity contribution in [2.75, 3.05) is 20.6 Å². The molecule has 0 radical (unpaired) electrons. The van der Waals surface area contributed by atoms with Crippen LogP contribution in [0, 0.1) is 5.92 Å². The van der Waals surface area contributed by atoms with E-state index in [4.69, 9.17) is 0 Å². The van der Waals surface area contributed by atoms with Crippen molar-refractivity contribution in [2.45, 2.75) is 32.3 Å². The molecule has 17 heavy (non-hydrogen) atoms. The third-order valence-corrected chi connectivity index (χ3v) is 3.36. The van der Waals surface area contributed by atoms with Crippen LogP contribution >= 0.6 is 0 Å². The predicted molar refractivity (Wildman–Crippen MR) is 73.0 cm³/mol. The van der Waals surface area contributed by atoms with Gasteiger partial charge < -0.3 is 10.0 Å². The third kappa shape index (κ3) is 3.55. The third-order valence-electron chi connectivity index (χ3n) is 3.36. The molecule has 1 aromatic carbocycles. The van der Waals surface area contributed by atoms with Crippen LogP contribution in [0.2, 0.25) is 0 Å². The van der Waals surface area contributed by atoms with Gasteiger partial charge in [-0.15, -0.1) is 0 Å². The van der Waals surface area contributed by atoms with Crippen LogP contribution in [0.4, 0.5) is 0 Å². The molecule has 1 aromatic rings. The summed E-state index contributed by atoms with van der Waals surface area (Å²) < 4.78 is 0. The zero-order valence-corrected chi connectivity index (χ0v) is 11.5. The van der Waals surface area contributed by atoms with E-state index in [2.05, 4.69) is 18.7 Å². The minimum atomic E-state index is -0.708. The van der Waals surface area contributed by atoms with Gasteiger partial charge in [0.25, 0.3) is 0 Å². The molecule has 1 rings (SSSR count). The van der Waals surface area contributed by atoms with E-state index in [1.54, 1.807) is 0 Å². The van der Waals surface area contributed by atoms with E-state index < -0.39 is 5.60 Å². The van der Waals surface area contributed by atoms with Gasteiger partial charge in [-0.1, -0.05) is 50.6 Å². The smallest absolute Gasteiger partial charge is 0.0934 e. The van der Waals surface area contributed by atoms with Gasteiger partial charge in [-0.2, -0.15) is 0 Å². The van der Waals surface area contributed by atoms with Crippen molar-refractivity contribution in [3.05, 3.63) is 35.9 Å². The highest BCUT2D eigenvalue weighted by atomic mass is 16.3. The maximum atomic E-state index is 11.0. The summed E-state index contributed by atoms with van der Waals surface area (Å²) in [6.07, 6.45) is 1.80. The van der Waals surface area contributed by atoms with Gasteiger partial charge in [0.05, 0.1) is 5.60 Å². The molecule has 0 amide bonds. The van der Waals surface area contributed by atoms with Crippen LogP contribution in [0.15, 0.2) is 30.3 Å². The molecule has 0 aliphatic heterocycles. The Kier molecular flexibility index (Phi) is 5.16. The molecule has 2 atom stereocenters. The molecule has 2 nitrogen and oxygen atoms in total. The number of rotatable bonds is 6. The summed E-state index contributed by atoms with van der Waals surface area (Å²) in [7, 11) is 4.10. The number of hydrogen-bond donors (Lipinski definition) is 1. The van der Waals surface area contributed by atoms with E-state index in [9.17, 15) is 5.11 Å². The minimum absolute atomic E-state index is 0.222. The van der Waals surface area contributed by atoms with Crippen molar-refractivity contribution in [2.24, 2.45) is 5.92 Å². The first-order valence-corrected chi connectivity index (χ1v) is 6.43. The Hall–Kier alpha value is -0.860. The lowest BCUT2D eigenvalue weighted by Crippen LogP contribution is -2.39. The molecule has 0 bridgehead atoms. The topological polar surface area (TPSA) is 23.5 Å². The number of hydrogen-bond acceptors (Lipinski definition) is 2. The second-order valence-corrected chi connectivity index (χ2v) is 5.20. The summed E-state index contributed by atoms with van der Waals surface area (Å²) in [6, 6.07) is 10.0. The van der Waals surface area contributed by atoms with Crippen LogP contribution in [-0.4, -0.2) is 30.6 Å². The van der Waals surface area contributed by atoms with Crippen LogP contribution in [0.3, 0.4) is 0 Å². The first-order chi connectivity index (χ1) is 8.00. The Morgan fingerprint density at radius 1 is 1.24 bits per heavy atom. The quantitative estimate of drug-likeness (QED) is 0.819. The summed E-state index contributed by atoms with van der Waals surface area (Å²) in [5, 5.41) is 11.0. The molecule has 0 saturated carbocycles. The lowest BCUT2D eigenvalue weighted by atomic mass is 9.79.